The minimum Gasteiger partial charge on any atom is -0.481 e. The Bertz CT molecular complexity index is 1390. The number of nitrogens with zero attached hydrogens (tertiary/aromatic N) is 3. The molecule has 7 rings (SSSR count). The number of ether oxygens (including phenoxy) is 1. The van der Waals surface area contributed by atoms with Crippen molar-refractivity contribution in [3.05, 3.63) is 27.4 Å². The normalized spacial score (nSPS) is 38.3. The molecule has 2 saturated carbocycles. The number of hydrogen-bond donors (Lipinski definition) is 2. The minimum atomic E-state index is -2.51. The van der Waals surface area contributed by atoms with Gasteiger partial charge in [-0.15, -0.1) is 11.6 Å². The topological polar surface area (TPSA) is 96.7 Å². The van der Waals surface area contributed by atoms with Crippen molar-refractivity contribution in [2.24, 2.45) is 23.2 Å². The number of carboxylic acid groups (broad SMARTS) is 1. The van der Waals surface area contributed by atoms with Crippen LogP contribution in [0, 0.1) is 30.1 Å². The van der Waals surface area contributed by atoms with Gasteiger partial charge in [0.1, 0.15) is 5.82 Å². The molecule has 262 valence electrons. The highest BCUT2D eigenvalue weighted by Gasteiger charge is 2.52. The smallest absolute Gasteiger partial charge is 0.308 e. The van der Waals surface area contributed by atoms with E-state index >= 15 is 0 Å². The SMILES string of the molecule is Cc1nc2c(c(=O)n1CCOC1CCC(Cl)CC1C1CC(C)NC3C(C(=O)O)CSC13)CC(N1CCC3(CCC(F)(F)CC3)C1)CC2. The van der Waals surface area contributed by atoms with Crippen LogP contribution in [0.3, 0.4) is 0 Å². The number of carbonyl (C=O) groups is 1. The van der Waals surface area contributed by atoms with Crippen LogP contribution in [0.25, 0.3) is 0 Å². The summed E-state index contributed by atoms with van der Waals surface area (Å²) in [6.07, 6.45) is 8.20. The quantitative estimate of drug-likeness (QED) is 0.372. The number of aromatic nitrogens is 2. The summed E-state index contributed by atoms with van der Waals surface area (Å²) in [5.41, 5.74) is 1.76. The number of carboxylic acids is 1. The predicted octanol–water partition coefficient (Wildman–Crippen LogP) is 5.29. The fraction of sp³-hybridized carbons (Fsp3) is 0.857. The van der Waals surface area contributed by atoms with Gasteiger partial charge in [-0.05, 0) is 102 Å². The molecule has 0 bridgehead atoms. The van der Waals surface area contributed by atoms with Crippen LogP contribution in [0.2, 0.25) is 0 Å². The van der Waals surface area contributed by atoms with E-state index in [1.165, 1.54) is 0 Å². The Morgan fingerprint density at radius 1 is 1.15 bits per heavy atom. The molecule has 0 radical (unpaired) electrons. The molecular weight excluding hydrogens is 646 g/mol. The molecule has 3 saturated heterocycles. The zero-order valence-electron chi connectivity index (χ0n) is 27.8. The Morgan fingerprint density at radius 2 is 1.94 bits per heavy atom. The van der Waals surface area contributed by atoms with E-state index in [0.29, 0.717) is 44.1 Å². The van der Waals surface area contributed by atoms with Crippen LogP contribution < -0.4 is 10.9 Å². The van der Waals surface area contributed by atoms with Crippen LogP contribution >= 0.6 is 23.4 Å². The third-order valence-electron chi connectivity index (χ3n) is 12.8. The zero-order valence-corrected chi connectivity index (χ0v) is 29.3. The fourth-order valence-corrected chi connectivity index (χ4v) is 12.3. The van der Waals surface area contributed by atoms with Crippen molar-refractivity contribution in [2.45, 2.75) is 138 Å². The van der Waals surface area contributed by atoms with Crippen molar-refractivity contribution in [1.82, 2.24) is 19.8 Å². The van der Waals surface area contributed by atoms with Crippen LogP contribution in [0.5, 0.6) is 0 Å². The molecule has 12 heteroatoms. The molecule has 6 aliphatic rings. The third-order valence-corrected chi connectivity index (χ3v) is 14.8. The molecule has 0 amide bonds. The number of likely N-dealkylation sites (tertiary alicyclic amines) is 1. The monoisotopic (exact) mass is 696 g/mol. The number of thioether (sulfide) groups is 1. The summed E-state index contributed by atoms with van der Waals surface area (Å²) in [4.78, 5) is 33.3. The first-order chi connectivity index (χ1) is 22.4. The van der Waals surface area contributed by atoms with Gasteiger partial charge in [0.05, 0.1) is 30.9 Å². The fourth-order valence-electron chi connectivity index (χ4n) is 10.1. The number of hydrogen-bond acceptors (Lipinski definition) is 7. The van der Waals surface area contributed by atoms with Crippen LogP contribution in [-0.4, -0.2) is 91.8 Å². The number of aliphatic carboxylic acids is 1. The van der Waals surface area contributed by atoms with Gasteiger partial charge in [0.25, 0.3) is 5.56 Å². The highest BCUT2D eigenvalue weighted by molar-refractivity contribution is 8.00. The molecule has 1 spiro atoms. The third kappa shape index (κ3) is 6.91. The number of piperidine rings is 1. The van der Waals surface area contributed by atoms with Gasteiger partial charge in [-0.25, -0.2) is 13.8 Å². The highest BCUT2D eigenvalue weighted by atomic mass is 35.5. The van der Waals surface area contributed by atoms with Crippen molar-refractivity contribution in [2.75, 3.05) is 25.4 Å². The first-order valence-corrected chi connectivity index (χ1v) is 19.5. The molecule has 1 aromatic heterocycles. The van der Waals surface area contributed by atoms with E-state index < -0.39 is 11.9 Å². The molecule has 1 aromatic rings. The first-order valence-electron chi connectivity index (χ1n) is 18.0. The lowest BCUT2D eigenvalue weighted by Crippen LogP contribution is -2.57. The molecule has 0 aromatic carbocycles. The summed E-state index contributed by atoms with van der Waals surface area (Å²) >= 11 is 8.54. The van der Waals surface area contributed by atoms with Gasteiger partial charge in [-0.2, -0.15) is 11.8 Å². The summed E-state index contributed by atoms with van der Waals surface area (Å²) in [6, 6.07) is 0.458. The summed E-state index contributed by atoms with van der Waals surface area (Å²) < 4.78 is 36.2. The van der Waals surface area contributed by atoms with Gasteiger partial charge < -0.3 is 15.2 Å². The molecule has 2 N–H and O–H groups in total. The Morgan fingerprint density at radius 3 is 2.70 bits per heavy atom. The van der Waals surface area contributed by atoms with Gasteiger partial charge in [0.15, 0.2) is 0 Å². The van der Waals surface area contributed by atoms with E-state index in [9.17, 15) is 23.5 Å². The number of fused-ring (bicyclic) bond motifs is 2. The summed E-state index contributed by atoms with van der Waals surface area (Å²) in [7, 11) is 0. The largest absolute Gasteiger partial charge is 0.481 e. The van der Waals surface area contributed by atoms with Gasteiger partial charge in [0, 0.05) is 59.5 Å². The van der Waals surface area contributed by atoms with Crippen LogP contribution in [0.4, 0.5) is 8.78 Å². The molecule has 5 fully saturated rings. The summed E-state index contributed by atoms with van der Waals surface area (Å²) in [6.45, 7) is 6.70. The number of rotatable bonds is 7. The standard InChI is InChI=1S/C35H51ClF2N4O4S/c1-20-15-25(31-30(39-20)27(18-47-31)33(44)45)24-16-22(36)3-6-29(24)46-14-13-42-21(2)40-28-5-4-23(17-26(28)32(42)43)41-12-11-34(19-41)7-9-35(37,38)10-8-34/h20,22-25,27,29-31,39H,3-19H2,1-2H3,(H,44,45). The lowest BCUT2D eigenvalue weighted by molar-refractivity contribution is -0.142. The average Bonchev–Trinajstić information content (AvgIpc) is 3.66. The molecular formula is C35H51ClF2N4O4S. The van der Waals surface area contributed by atoms with Gasteiger partial charge >= 0.3 is 5.97 Å². The van der Waals surface area contributed by atoms with E-state index in [-0.39, 0.29) is 70.5 Å². The predicted molar refractivity (Wildman–Crippen MR) is 180 cm³/mol. The van der Waals surface area contributed by atoms with Crippen LogP contribution in [0.1, 0.15) is 88.2 Å². The summed E-state index contributed by atoms with van der Waals surface area (Å²) in [5, 5.41) is 13.8. The second kappa shape index (κ2) is 13.5. The number of aryl methyl sites for hydroxylation is 2. The Balaban J connectivity index is 1.00. The molecule has 47 heavy (non-hydrogen) atoms. The van der Waals surface area contributed by atoms with E-state index in [0.717, 1.165) is 75.1 Å². The van der Waals surface area contributed by atoms with E-state index in [4.69, 9.17) is 21.3 Å². The van der Waals surface area contributed by atoms with E-state index in [1.807, 2.05) is 6.92 Å². The minimum absolute atomic E-state index is 0.000610. The van der Waals surface area contributed by atoms with Crippen LogP contribution in [0.15, 0.2) is 4.79 Å². The van der Waals surface area contributed by atoms with Crippen molar-refractivity contribution >= 4 is 29.3 Å². The lowest BCUT2D eigenvalue weighted by atomic mass is 9.70. The van der Waals surface area contributed by atoms with Gasteiger partial charge in [0.2, 0.25) is 5.92 Å². The highest BCUT2D eigenvalue weighted by Crippen LogP contribution is 2.50. The summed E-state index contributed by atoms with van der Waals surface area (Å²) in [5.74, 6) is -1.67. The Labute approximate surface area is 286 Å². The van der Waals surface area contributed by atoms with E-state index in [2.05, 4.69) is 17.1 Å². The van der Waals surface area contributed by atoms with Gasteiger partial charge in [-0.1, -0.05) is 0 Å². The second-order valence-corrected chi connectivity index (χ2v) is 17.6. The van der Waals surface area contributed by atoms with Crippen molar-refractivity contribution < 1.29 is 23.4 Å². The van der Waals surface area contributed by atoms with Crippen molar-refractivity contribution in [3.8, 4) is 0 Å². The number of alkyl halides is 3. The first kappa shape index (κ1) is 34.2. The molecule has 4 heterocycles. The van der Waals surface area contributed by atoms with Crippen molar-refractivity contribution in [1.29, 1.82) is 0 Å². The number of halogens is 3. The maximum atomic E-state index is 13.9. The molecule has 9 atom stereocenters. The molecule has 3 aliphatic carbocycles. The van der Waals surface area contributed by atoms with Crippen LogP contribution in [-0.2, 0) is 28.9 Å². The molecule has 9 unspecified atom stereocenters. The number of nitrogens with one attached hydrogen (secondary N) is 1. The second-order valence-electron chi connectivity index (χ2n) is 15.7. The Kier molecular flexibility index (Phi) is 9.79. The zero-order chi connectivity index (χ0) is 33.1. The molecule has 8 nitrogen and oxygen atoms in total. The maximum Gasteiger partial charge on any atom is 0.308 e. The molecule has 3 aliphatic heterocycles. The lowest BCUT2D eigenvalue weighted by Gasteiger charge is -2.47. The van der Waals surface area contributed by atoms with Crippen molar-refractivity contribution in [3.63, 3.8) is 0 Å². The maximum absolute atomic E-state index is 13.9. The average molecular weight is 697 g/mol. The van der Waals surface area contributed by atoms with E-state index in [1.54, 1.807) is 16.3 Å². The van der Waals surface area contributed by atoms with Gasteiger partial charge in [-0.3, -0.25) is 19.1 Å². The Hall–Kier alpha value is -1.27.